The third-order valence-corrected chi connectivity index (χ3v) is 3.78. The Hall–Kier alpha value is -2.56. The molecule has 0 saturated carbocycles. The second kappa shape index (κ2) is 5.33. The first-order chi connectivity index (χ1) is 10.5. The smallest absolute Gasteiger partial charge is 0.261 e. The molecular weight excluding hydrogens is 288 g/mol. The summed E-state index contributed by atoms with van der Waals surface area (Å²) >= 11 is 0. The fourth-order valence-corrected chi connectivity index (χ4v) is 2.71. The fourth-order valence-electron chi connectivity index (χ4n) is 2.71. The minimum absolute atomic E-state index is 0.267. The summed E-state index contributed by atoms with van der Waals surface area (Å²) in [5.74, 6) is -2.56. The number of rotatable bonds is 3. The molecule has 1 unspecified atom stereocenters. The monoisotopic (exact) mass is 301 g/mol. The molecule has 0 aromatic heterocycles. The molecule has 1 heterocycles. The first-order valence-corrected chi connectivity index (χ1v) is 6.90. The zero-order chi connectivity index (χ0) is 15.9. The first kappa shape index (κ1) is 14.4. The number of hydrogen-bond acceptors (Lipinski definition) is 2. The molecule has 0 N–H and O–H groups in total. The normalized spacial score (nSPS) is 15.1. The Morgan fingerprint density at radius 2 is 1.55 bits per heavy atom. The summed E-state index contributed by atoms with van der Waals surface area (Å²) in [5.41, 5.74) is 1.29. The highest BCUT2D eigenvalue weighted by atomic mass is 19.2. The van der Waals surface area contributed by atoms with E-state index in [9.17, 15) is 18.4 Å². The van der Waals surface area contributed by atoms with Gasteiger partial charge in [-0.05, 0) is 43.2 Å². The number of fused-ring (bicyclic) bond motifs is 1. The quantitative estimate of drug-likeness (QED) is 0.817. The van der Waals surface area contributed by atoms with Gasteiger partial charge in [0.25, 0.3) is 11.8 Å². The number of carbonyl (C=O) groups excluding carboxylic acids is 2. The van der Waals surface area contributed by atoms with Crippen molar-refractivity contribution in [2.75, 3.05) is 0 Å². The summed E-state index contributed by atoms with van der Waals surface area (Å²) in [6.07, 6.45) is 0.267. The molecule has 5 heteroatoms. The van der Waals surface area contributed by atoms with Crippen LogP contribution in [0.2, 0.25) is 0 Å². The second-order valence-electron chi connectivity index (χ2n) is 5.33. The van der Waals surface area contributed by atoms with Gasteiger partial charge in [-0.1, -0.05) is 18.2 Å². The maximum Gasteiger partial charge on any atom is 0.261 e. The lowest BCUT2D eigenvalue weighted by Crippen LogP contribution is -2.39. The largest absolute Gasteiger partial charge is 0.271 e. The summed E-state index contributed by atoms with van der Waals surface area (Å²) in [7, 11) is 0. The van der Waals surface area contributed by atoms with Gasteiger partial charge in [-0.2, -0.15) is 0 Å². The van der Waals surface area contributed by atoms with Crippen LogP contribution in [-0.2, 0) is 6.42 Å². The van der Waals surface area contributed by atoms with Crippen molar-refractivity contribution in [3.05, 3.63) is 70.8 Å². The van der Waals surface area contributed by atoms with E-state index in [-0.39, 0.29) is 18.2 Å². The Morgan fingerprint density at radius 3 is 2.09 bits per heavy atom. The van der Waals surface area contributed by atoms with Gasteiger partial charge in [0.1, 0.15) is 0 Å². The SMILES string of the molecule is CC(Cc1ccc(F)c(F)c1)N1C(=O)c2ccccc2C1=O. The van der Waals surface area contributed by atoms with Crippen LogP contribution in [0, 0.1) is 11.6 Å². The van der Waals surface area contributed by atoms with Gasteiger partial charge in [0.05, 0.1) is 11.1 Å². The molecule has 0 saturated heterocycles. The van der Waals surface area contributed by atoms with Crippen LogP contribution >= 0.6 is 0 Å². The van der Waals surface area contributed by atoms with Crippen molar-refractivity contribution in [3.8, 4) is 0 Å². The highest BCUT2D eigenvalue weighted by Crippen LogP contribution is 2.25. The maximum absolute atomic E-state index is 13.3. The molecule has 0 radical (unpaired) electrons. The fraction of sp³-hybridized carbons (Fsp3) is 0.176. The van der Waals surface area contributed by atoms with Gasteiger partial charge in [0.2, 0.25) is 0 Å². The maximum atomic E-state index is 13.3. The van der Waals surface area contributed by atoms with Crippen molar-refractivity contribution < 1.29 is 18.4 Å². The summed E-state index contributed by atoms with van der Waals surface area (Å²) in [4.78, 5) is 25.8. The summed E-state index contributed by atoms with van der Waals surface area (Å²) in [5, 5.41) is 0. The molecule has 3 nitrogen and oxygen atoms in total. The summed E-state index contributed by atoms with van der Waals surface area (Å²) < 4.78 is 26.2. The lowest BCUT2D eigenvalue weighted by molar-refractivity contribution is 0.0596. The molecule has 0 bridgehead atoms. The number of imide groups is 1. The van der Waals surface area contributed by atoms with E-state index >= 15 is 0 Å². The lowest BCUT2D eigenvalue weighted by atomic mass is 10.1. The van der Waals surface area contributed by atoms with Crippen LogP contribution in [0.1, 0.15) is 33.2 Å². The van der Waals surface area contributed by atoms with Crippen LogP contribution in [0.25, 0.3) is 0 Å². The highest BCUT2D eigenvalue weighted by Gasteiger charge is 2.37. The van der Waals surface area contributed by atoms with Gasteiger partial charge in [-0.15, -0.1) is 0 Å². The Bertz CT molecular complexity index is 738. The minimum Gasteiger partial charge on any atom is -0.271 e. The van der Waals surface area contributed by atoms with Crippen molar-refractivity contribution in [3.63, 3.8) is 0 Å². The Kier molecular flexibility index (Phi) is 3.48. The Morgan fingerprint density at radius 1 is 0.955 bits per heavy atom. The minimum atomic E-state index is -0.938. The standard InChI is InChI=1S/C17H13F2NO2/c1-10(8-11-6-7-14(18)15(19)9-11)20-16(21)12-4-2-3-5-13(12)17(20)22/h2-7,9-10H,8H2,1H3. The number of hydrogen-bond donors (Lipinski definition) is 0. The molecule has 2 amide bonds. The van der Waals surface area contributed by atoms with E-state index in [1.54, 1.807) is 31.2 Å². The lowest BCUT2D eigenvalue weighted by Gasteiger charge is -2.22. The molecule has 0 aliphatic carbocycles. The molecule has 0 spiro atoms. The van der Waals surface area contributed by atoms with Crippen LogP contribution in [0.5, 0.6) is 0 Å². The zero-order valence-electron chi connectivity index (χ0n) is 11.8. The number of amides is 2. The van der Waals surface area contributed by atoms with E-state index in [2.05, 4.69) is 0 Å². The predicted octanol–water partition coefficient (Wildman–Crippen LogP) is 3.19. The molecule has 0 fully saturated rings. The van der Waals surface area contributed by atoms with Crippen molar-refractivity contribution in [2.24, 2.45) is 0 Å². The van der Waals surface area contributed by atoms with Crippen LogP contribution < -0.4 is 0 Å². The molecule has 1 aliphatic rings. The van der Waals surface area contributed by atoms with E-state index in [0.717, 1.165) is 12.1 Å². The van der Waals surface area contributed by atoms with Crippen LogP contribution in [-0.4, -0.2) is 22.8 Å². The third-order valence-electron chi connectivity index (χ3n) is 3.78. The van der Waals surface area contributed by atoms with Crippen molar-refractivity contribution in [1.29, 1.82) is 0 Å². The van der Waals surface area contributed by atoms with E-state index in [4.69, 9.17) is 0 Å². The summed E-state index contributed by atoms with van der Waals surface area (Å²) in [6.45, 7) is 1.71. The van der Waals surface area contributed by atoms with Gasteiger partial charge in [-0.3, -0.25) is 14.5 Å². The van der Waals surface area contributed by atoms with E-state index in [0.29, 0.717) is 16.7 Å². The molecule has 2 aromatic rings. The highest BCUT2D eigenvalue weighted by molar-refractivity contribution is 6.21. The van der Waals surface area contributed by atoms with E-state index < -0.39 is 17.7 Å². The van der Waals surface area contributed by atoms with Crippen molar-refractivity contribution in [1.82, 2.24) is 4.90 Å². The molecule has 2 aromatic carbocycles. The number of nitrogens with zero attached hydrogens (tertiary/aromatic N) is 1. The summed E-state index contributed by atoms with van der Waals surface area (Å²) in [6, 6.07) is 9.76. The Balaban J connectivity index is 1.84. The molecule has 1 atom stereocenters. The van der Waals surface area contributed by atoms with Crippen molar-refractivity contribution >= 4 is 11.8 Å². The van der Waals surface area contributed by atoms with Gasteiger partial charge in [0.15, 0.2) is 11.6 Å². The number of benzene rings is 2. The van der Waals surface area contributed by atoms with Gasteiger partial charge < -0.3 is 0 Å². The van der Waals surface area contributed by atoms with Gasteiger partial charge in [0, 0.05) is 6.04 Å². The first-order valence-electron chi connectivity index (χ1n) is 6.90. The molecular formula is C17H13F2NO2. The molecule has 22 heavy (non-hydrogen) atoms. The average molecular weight is 301 g/mol. The molecule has 112 valence electrons. The van der Waals surface area contributed by atoms with Crippen LogP contribution in [0.4, 0.5) is 8.78 Å². The second-order valence-corrected chi connectivity index (χ2v) is 5.33. The Labute approximate surface area is 126 Å². The molecule has 1 aliphatic heterocycles. The topological polar surface area (TPSA) is 37.4 Å². The van der Waals surface area contributed by atoms with E-state index in [1.165, 1.54) is 11.0 Å². The van der Waals surface area contributed by atoms with Crippen LogP contribution in [0.3, 0.4) is 0 Å². The van der Waals surface area contributed by atoms with Crippen LogP contribution in [0.15, 0.2) is 42.5 Å². The van der Waals surface area contributed by atoms with Gasteiger partial charge in [-0.25, -0.2) is 8.78 Å². The zero-order valence-corrected chi connectivity index (χ0v) is 11.8. The van der Waals surface area contributed by atoms with Gasteiger partial charge >= 0.3 is 0 Å². The van der Waals surface area contributed by atoms with Crippen molar-refractivity contribution in [2.45, 2.75) is 19.4 Å². The number of carbonyl (C=O) groups is 2. The predicted molar refractivity (Wildman–Crippen MR) is 76.5 cm³/mol. The van der Waals surface area contributed by atoms with E-state index in [1.807, 2.05) is 0 Å². The third kappa shape index (κ3) is 2.28. The average Bonchev–Trinajstić information content (AvgIpc) is 2.75. The molecule has 3 rings (SSSR count). The number of halogens is 2.